The van der Waals surface area contributed by atoms with Gasteiger partial charge in [-0.25, -0.2) is 13.2 Å². The highest BCUT2D eigenvalue weighted by Gasteiger charge is 2.42. The van der Waals surface area contributed by atoms with Crippen molar-refractivity contribution in [3.8, 4) is 11.1 Å². The Morgan fingerprint density at radius 3 is 2.25 bits per heavy atom. The minimum Gasteiger partial charge on any atom is -0.479 e. The van der Waals surface area contributed by atoms with Crippen molar-refractivity contribution in [1.29, 1.82) is 0 Å². The van der Waals surface area contributed by atoms with Gasteiger partial charge in [0.25, 0.3) is 0 Å². The van der Waals surface area contributed by atoms with Gasteiger partial charge in [-0.1, -0.05) is 29.8 Å². The molecule has 1 fully saturated rings. The third kappa shape index (κ3) is 4.85. The van der Waals surface area contributed by atoms with E-state index in [-0.39, 0.29) is 6.04 Å². The molecule has 0 saturated carbocycles. The molecule has 0 bridgehead atoms. The molecule has 0 aliphatic carbocycles. The molecule has 2 aromatic carbocycles. The molecule has 0 amide bonds. The first kappa shape index (κ1) is 26.5. The number of fused-ring (bicyclic) bond motifs is 3. The quantitative estimate of drug-likeness (QED) is 0.578. The number of sulfonamides is 1. The summed E-state index contributed by atoms with van der Waals surface area (Å²) >= 11 is 0. The van der Waals surface area contributed by atoms with Gasteiger partial charge >= 0.3 is 5.97 Å². The van der Waals surface area contributed by atoms with Gasteiger partial charge in [-0.2, -0.15) is 0 Å². The van der Waals surface area contributed by atoms with Crippen LogP contribution in [0.25, 0.3) is 11.1 Å². The van der Waals surface area contributed by atoms with Crippen LogP contribution >= 0.6 is 0 Å². The second kappa shape index (κ2) is 9.38. The number of hydrogen-bond acceptors (Lipinski definition) is 5. The van der Waals surface area contributed by atoms with Crippen molar-refractivity contribution in [2.24, 2.45) is 0 Å². The maximum atomic E-state index is 13.1. The molecular weight excluding hydrogens is 476 g/mol. The van der Waals surface area contributed by atoms with Crippen LogP contribution in [0.1, 0.15) is 68.4 Å². The van der Waals surface area contributed by atoms with Crippen LogP contribution < -0.4 is 9.21 Å². The maximum Gasteiger partial charge on any atom is 0.337 e. The van der Waals surface area contributed by atoms with Crippen LogP contribution in [-0.4, -0.2) is 50.5 Å². The Labute approximate surface area is 215 Å². The van der Waals surface area contributed by atoms with E-state index in [4.69, 9.17) is 4.74 Å². The Hall–Kier alpha value is -2.58. The largest absolute Gasteiger partial charge is 0.479 e. The summed E-state index contributed by atoms with van der Waals surface area (Å²) in [7, 11) is -3.59. The molecule has 2 heterocycles. The Morgan fingerprint density at radius 2 is 1.69 bits per heavy atom. The summed E-state index contributed by atoms with van der Waals surface area (Å²) in [5.74, 6) is -1.10. The lowest BCUT2D eigenvalue weighted by Crippen LogP contribution is -2.53. The molecule has 7 nitrogen and oxygen atoms in total. The van der Waals surface area contributed by atoms with Crippen LogP contribution in [0.5, 0.6) is 0 Å². The molecule has 0 aromatic heterocycles. The van der Waals surface area contributed by atoms with Gasteiger partial charge in [0.1, 0.15) is 0 Å². The summed E-state index contributed by atoms with van der Waals surface area (Å²) in [6.07, 6.45) is 3.01. The topological polar surface area (TPSA) is 87.1 Å². The van der Waals surface area contributed by atoms with E-state index < -0.39 is 27.7 Å². The molecule has 1 unspecified atom stereocenters. The summed E-state index contributed by atoms with van der Waals surface area (Å²) in [6, 6.07) is 8.14. The number of rotatable bonds is 5. The fourth-order valence-corrected chi connectivity index (χ4v) is 6.72. The van der Waals surface area contributed by atoms with Crippen molar-refractivity contribution in [3.05, 3.63) is 46.5 Å². The summed E-state index contributed by atoms with van der Waals surface area (Å²) < 4.78 is 33.8. The molecule has 2 aromatic rings. The van der Waals surface area contributed by atoms with Gasteiger partial charge in [-0.15, -0.1) is 0 Å². The zero-order valence-electron chi connectivity index (χ0n) is 22.4. The number of carbonyl (C=O) groups is 1. The van der Waals surface area contributed by atoms with Gasteiger partial charge in [0.15, 0.2) is 6.10 Å². The van der Waals surface area contributed by atoms with Gasteiger partial charge in [-0.3, -0.25) is 4.31 Å². The monoisotopic (exact) mass is 514 g/mol. The summed E-state index contributed by atoms with van der Waals surface area (Å²) in [6.45, 7) is 12.6. The number of hydrogen-bond donors (Lipinski definition) is 1. The van der Waals surface area contributed by atoms with E-state index in [0.717, 1.165) is 53.7 Å². The first-order valence-electron chi connectivity index (χ1n) is 12.6. The first-order valence-corrected chi connectivity index (χ1v) is 14.4. The zero-order valence-corrected chi connectivity index (χ0v) is 23.2. The number of anilines is 2. The van der Waals surface area contributed by atoms with E-state index >= 15 is 0 Å². The zero-order chi connectivity index (χ0) is 26.6. The number of aliphatic carboxylic acids is 1. The Balaban J connectivity index is 2.13. The Kier molecular flexibility index (Phi) is 6.90. The van der Waals surface area contributed by atoms with Gasteiger partial charge in [0, 0.05) is 18.2 Å². The average molecular weight is 515 g/mol. The van der Waals surface area contributed by atoms with E-state index in [1.54, 1.807) is 0 Å². The van der Waals surface area contributed by atoms with Crippen LogP contribution in [0, 0.1) is 20.8 Å². The fraction of sp³-hybridized carbons (Fsp3) is 0.536. The summed E-state index contributed by atoms with van der Waals surface area (Å²) in [5.41, 5.74) is 5.61. The lowest BCUT2D eigenvalue weighted by atomic mass is 9.83. The van der Waals surface area contributed by atoms with Crippen LogP contribution in [0.2, 0.25) is 0 Å². The van der Waals surface area contributed by atoms with Gasteiger partial charge in [0.2, 0.25) is 10.0 Å². The van der Waals surface area contributed by atoms with Crippen molar-refractivity contribution >= 4 is 27.4 Å². The molecule has 2 aliphatic heterocycles. The van der Waals surface area contributed by atoms with Crippen molar-refractivity contribution in [2.45, 2.75) is 78.6 Å². The van der Waals surface area contributed by atoms with E-state index in [0.29, 0.717) is 23.4 Å². The molecule has 0 spiro atoms. The number of aryl methyl sites for hydroxylation is 1. The van der Waals surface area contributed by atoms with Crippen LogP contribution in [0.15, 0.2) is 24.3 Å². The van der Waals surface area contributed by atoms with Crippen LogP contribution in [-0.2, 0) is 19.6 Å². The summed E-state index contributed by atoms with van der Waals surface area (Å²) in [4.78, 5) is 15.0. The molecule has 8 heteroatoms. The molecule has 4 rings (SSSR count). The van der Waals surface area contributed by atoms with E-state index in [1.807, 2.05) is 65.8 Å². The highest BCUT2D eigenvalue weighted by atomic mass is 32.2. The second-order valence-electron chi connectivity index (χ2n) is 11.2. The highest BCUT2D eigenvalue weighted by molar-refractivity contribution is 7.92. The predicted molar refractivity (Wildman–Crippen MR) is 144 cm³/mol. The minimum atomic E-state index is -3.59. The molecule has 2 atom stereocenters. The molecule has 1 saturated heterocycles. The number of carboxylic acids is 1. The first-order chi connectivity index (χ1) is 16.7. The normalized spacial score (nSPS) is 19.0. The van der Waals surface area contributed by atoms with E-state index in [1.165, 1.54) is 10.6 Å². The number of benzene rings is 2. The van der Waals surface area contributed by atoms with Crippen molar-refractivity contribution in [1.82, 2.24) is 0 Å². The van der Waals surface area contributed by atoms with Gasteiger partial charge in [0.05, 0.1) is 29.8 Å². The lowest BCUT2D eigenvalue weighted by molar-refractivity contribution is -0.160. The number of ether oxygens (including phenoxy) is 1. The highest BCUT2D eigenvalue weighted by Crippen LogP contribution is 2.51. The van der Waals surface area contributed by atoms with E-state index in [9.17, 15) is 18.3 Å². The van der Waals surface area contributed by atoms with Crippen molar-refractivity contribution in [2.75, 3.05) is 28.6 Å². The van der Waals surface area contributed by atoms with Crippen LogP contribution in [0.3, 0.4) is 0 Å². The van der Waals surface area contributed by atoms with Gasteiger partial charge in [-0.05, 0) is 83.1 Å². The second-order valence-corrected chi connectivity index (χ2v) is 13.1. The minimum absolute atomic E-state index is 0.0943. The Morgan fingerprint density at radius 1 is 1.06 bits per heavy atom. The van der Waals surface area contributed by atoms with E-state index in [2.05, 4.69) is 4.90 Å². The molecular formula is C28H38N2O5S. The summed E-state index contributed by atoms with van der Waals surface area (Å²) in [5, 5.41) is 10.4. The smallest absolute Gasteiger partial charge is 0.337 e. The molecule has 1 N–H and O–H groups in total. The average Bonchev–Trinajstić information content (AvgIpc) is 2.78. The fourth-order valence-electron chi connectivity index (χ4n) is 5.72. The molecule has 2 aliphatic rings. The lowest BCUT2D eigenvalue weighted by Gasteiger charge is -2.48. The van der Waals surface area contributed by atoms with Gasteiger partial charge < -0.3 is 14.7 Å². The SMILES string of the molecule is Cc1ccc(-c2c(C)c3c(c(C)c2[C@H](OC(C)(C)C)C(=O)O)N(S(C)(=O)=O)CC2CCCCN32)cc1. The third-order valence-electron chi connectivity index (χ3n) is 7.22. The Bertz CT molecular complexity index is 1280. The standard InChI is InChI=1S/C28H38N2O5S/c1-17-11-13-20(14-12-17)22-18(2)24-25(19(3)23(22)26(27(31)32)35-28(4,5)6)30(36(7,33)34)16-21-10-8-9-15-29(21)24/h11-14,21,26H,8-10,15-16H2,1-7H3,(H,31,32)/t21?,26-/m0/s1. The van der Waals surface area contributed by atoms with Crippen molar-refractivity contribution < 1.29 is 23.1 Å². The molecule has 196 valence electrons. The number of piperidine rings is 1. The predicted octanol–water partition coefficient (Wildman–Crippen LogP) is 5.36. The number of carboxylic acid groups (broad SMARTS) is 1. The molecule has 36 heavy (non-hydrogen) atoms. The molecule has 0 radical (unpaired) electrons. The van der Waals surface area contributed by atoms with Crippen LogP contribution in [0.4, 0.5) is 11.4 Å². The maximum absolute atomic E-state index is 13.1. The third-order valence-corrected chi connectivity index (χ3v) is 8.35. The van der Waals surface area contributed by atoms with Crippen molar-refractivity contribution in [3.63, 3.8) is 0 Å². The number of nitrogens with zero attached hydrogens (tertiary/aromatic N) is 2.